The number of anilines is 1. The molecular weight excluding hydrogens is 382 g/mol. The minimum atomic E-state index is -1.11. The molecule has 0 radical (unpaired) electrons. The van der Waals surface area contributed by atoms with E-state index in [1.807, 2.05) is 25.1 Å². The Bertz CT molecular complexity index is 981. The van der Waals surface area contributed by atoms with Crippen molar-refractivity contribution in [3.05, 3.63) is 64.7 Å². The van der Waals surface area contributed by atoms with Crippen LogP contribution >= 0.6 is 11.8 Å². The second-order valence-corrected chi connectivity index (χ2v) is 8.33. The SMILES string of the molecule is CCC(=O)N1CCS[C@]12C(=O)N(Cc1ccc(F)cc1F)c1ccc(C)cc12. The van der Waals surface area contributed by atoms with E-state index in [9.17, 15) is 18.4 Å². The predicted molar refractivity (Wildman–Crippen MR) is 105 cm³/mol. The van der Waals surface area contributed by atoms with Gasteiger partial charge in [0.15, 0.2) is 4.87 Å². The van der Waals surface area contributed by atoms with Gasteiger partial charge >= 0.3 is 0 Å². The van der Waals surface area contributed by atoms with E-state index in [1.54, 1.807) is 11.8 Å². The number of aryl methyl sites for hydroxylation is 1. The van der Waals surface area contributed by atoms with Crippen molar-refractivity contribution in [2.75, 3.05) is 17.2 Å². The van der Waals surface area contributed by atoms with Crippen molar-refractivity contribution >= 4 is 29.3 Å². The topological polar surface area (TPSA) is 40.6 Å². The zero-order chi connectivity index (χ0) is 20.1. The average molecular weight is 402 g/mol. The van der Waals surface area contributed by atoms with Crippen molar-refractivity contribution < 1.29 is 18.4 Å². The second-order valence-electron chi connectivity index (χ2n) is 7.04. The molecule has 2 amide bonds. The van der Waals surface area contributed by atoms with Crippen LogP contribution in [0.4, 0.5) is 14.5 Å². The number of carbonyl (C=O) groups excluding carboxylic acids is 2. The van der Waals surface area contributed by atoms with E-state index >= 15 is 0 Å². The third-order valence-corrected chi connectivity index (χ3v) is 6.72. The van der Waals surface area contributed by atoms with Crippen LogP contribution in [0.3, 0.4) is 0 Å². The van der Waals surface area contributed by atoms with Gasteiger partial charge < -0.3 is 9.80 Å². The van der Waals surface area contributed by atoms with Gasteiger partial charge in [-0.05, 0) is 19.1 Å². The van der Waals surface area contributed by atoms with Crippen LogP contribution in [0.25, 0.3) is 0 Å². The molecule has 1 atom stereocenters. The average Bonchev–Trinajstić information content (AvgIpc) is 3.20. The van der Waals surface area contributed by atoms with Gasteiger partial charge in [0.25, 0.3) is 5.91 Å². The maximum atomic E-state index is 14.3. The van der Waals surface area contributed by atoms with Crippen LogP contribution in [-0.2, 0) is 21.0 Å². The molecule has 2 aromatic carbocycles. The maximum absolute atomic E-state index is 14.3. The van der Waals surface area contributed by atoms with Crippen LogP contribution in [0.1, 0.15) is 30.0 Å². The van der Waals surface area contributed by atoms with Crippen LogP contribution in [0.5, 0.6) is 0 Å². The molecule has 0 N–H and O–H groups in total. The molecule has 0 saturated carbocycles. The molecule has 2 aliphatic heterocycles. The number of hydrogen-bond acceptors (Lipinski definition) is 3. The summed E-state index contributed by atoms with van der Waals surface area (Å²) in [6.45, 7) is 4.19. The lowest BCUT2D eigenvalue weighted by atomic mass is 10.0. The van der Waals surface area contributed by atoms with E-state index < -0.39 is 16.5 Å². The molecule has 7 heteroatoms. The summed E-state index contributed by atoms with van der Waals surface area (Å²) < 4.78 is 27.5. The van der Waals surface area contributed by atoms with Crippen LogP contribution in [-0.4, -0.2) is 29.0 Å². The third kappa shape index (κ3) is 2.71. The fourth-order valence-electron chi connectivity index (χ4n) is 3.95. The standard InChI is InChI=1S/C21H20F2N2O2S/c1-3-19(26)25-8-9-28-21(25)16-10-13(2)4-7-18(16)24(20(21)27)12-14-5-6-15(22)11-17(14)23/h4-7,10-11H,3,8-9,12H2,1-2H3/t21-/m1/s1. The largest absolute Gasteiger partial charge is 0.315 e. The highest BCUT2D eigenvalue weighted by Gasteiger charge is 2.59. The maximum Gasteiger partial charge on any atom is 0.268 e. The Kier molecular flexibility index (Phi) is 4.65. The number of halogens is 2. The predicted octanol–water partition coefficient (Wildman–Crippen LogP) is 3.96. The fourth-order valence-corrected chi connectivity index (χ4v) is 5.42. The molecule has 0 bridgehead atoms. The fraction of sp³-hybridized carbons (Fsp3) is 0.333. The second kappa shape index (κ2) is 6.88. The monoisotopic (exact) mass is 402 g/mol. The van der Waals surface area contributed by atoms with Gasteiger partial charge in [-0.25, -0.2) is 8.78 Å². The van der Waals surface area contributed by atoms with E-state index in [1.165, 1.54) is 28.8 Å². The summed E-state index contributed by atoms with van der Waals surface area (Å²) in [5.74, 6) is -1.03. The van der Waals surface area contributed by atoms with Gasteiger partial charge in [0.05, 0.1) is 12.2 Å². The van der Waals surface area contributed by atoms with E-state index in [0.717, 1.165) is 17.2 Å². The summed E-state index contributed by atoms with van der Waals surface area (Å²) in [7, 11) is 0. The summed E-state index contributed by atoms with van der Waals surface area (Å²) in [5.41, 5.74) is 2.65. The Hall–Kier alpha value is -2.41. The number of carbonyl (C=O) groups is 2. The zero-order valence-corrected chi connectivity index (χ0v) is 16.5. The summed E-state index contributed by atoms with van der Waals surface area (Å²) in [6.07, 6.45) is 0.309. The molecule has 2 aromatic rings. The summed E-state index contributed by atoms with van der Waals surface area (Å²) in [6, 6.07) is 9.02. The first kappa shape index (κ1) is 18.9. The molecule has 4 nitrogen and oxygen atoms in total. The first-order chi connectivity index (χ1) is 13.4. The minimum absolute atomic E-state index is 0.0164. The molecule has 146 valence electrons. The third-order valence-electron chi connectivity index (χ3n) is 5.30. The molecule has 2 heterocycles. The molecule has 28 heavy (non-hydrogen) atoms. The van der Waals surface area contributed by atoms with Gasteiger partial charge in [-0.15, -0.1) is 11.8 Å². The first-order valence-corrected chi connectivity index (χ1v) is 10.2. The Balaban J connectivity index is 1.82. The Morgan fingerprint density at radius 1 is 1.21 bits per heavy atom. The van der Waals surface area contributed by atoms with Crippen molar-refractivity contribution in [3.8, 4) is 0 Å². The van der Waals surface area contributed by atoms with Gasteiger partial charge in [-0.3, -0.25) is 9.59 Å². The normalized spacial score (nSPS) is 20.9. The lowest BCUT2D eigenvalue weighted by Crippen LogP contribution is -2.50. The van der Waals surface area contributed by atoms with Crippen LogP contribution in [0, 0.1) is 18.6 Å². The van der Waals surface area contributed by atoms with Crippen molar-refractivity contribution in [2.45, 2.75) is 31.7 Å². The Morgan fingerprint density at radius 2 is 2.00 bits per heavy atom. The number of amides is 2. The van der Waals surface area contributed by atoms with Gasteiger partial charge in [0.1, 0.15) is 11.6 Å². The van der Waals surface area contributed by atoms with E-state index in [4.69, 9.17) is 0 Å². The number of nitrogens with zero attached hydrogens (tertiary/aromatic N) is 2. The van der Waals surface area contributed by atoms with Crippen molar-refractivity contribution in [1.29, 1.82) is 0 Å². The van der Waals surface area contributed by atoms with E-state index in [0.29, 0.717) is 24.4 Å². The lowest BCUT2D eigenvalue weighted by molar-refractivity contribution is -0.139. The van der Waals surface area contributed by atoms with E-state index in [-0.39, 0.29) is 23.9 Å². The highest BCUT2D eigenvalue weighted by Crippen LogP contribution is 2.54. The molecule has 0 aliphatic carbocycles. The smallest absolute Gasteiger partial charge is 0.268 e. The van der Waals surface area contributed by atoms with Crippen molar-refractivity contribution in [2.24, 2.45) is 0 Å². The van der Waals surface area contributed by atoms with Crippen LogP contribution < -0.4 is 4.90 Å². The molecule has 4 rings (SSSR count). The molecule has 0 unspecified atom stereocenters. The summed E-state index contributed by atoms with van der Waals surface area (Å²) in [5, 5.41) is 0. The minimum Gasteiger partial charge on any atom is -0.315 e. The number of thioether (sulfide) groups is 1. The Labute approximate surface area is 166 Å². The van der Waals surface area contributed by atoms with Gasteiger partial charge in [-0.1, -0.05) is 30.7 Å². The number of fused-ring (bicyclic) bond motifs is 2. The van der Waals surface area contributed by atoms with Gasteiger partial charge in [-0.2, -0.15) is 0 Å². The van der Waals surface area contributed by atoms with E-state index in [2.05, 4.69) is 0 Å². The molecular formula is C21H20F2N2O2S. The lowest BCUT2D eigenvalue weighted by Gasteiger charge is -2.33. The number of rotatable bonds is 3. The van der Waals surface area contributed by atoms with Gasteiger partial charge in [0.2, 0.25) is 5.91 Å². The highest BCUT2D eigenvalue weighted by atomic mass is 32.2. The summed E-state index contributed by atoms with van der Waals surface area (Å²) >= 11 is 1.44. The molecule has 1 saturated heterocycles. The van der Waals surface area contributed by atoms with Crippen LogP contribution in [0.2, 0.25) is 0 Å². The van der Waals surface area contributed by atoms with Crippen molar-refractivity contribution in [3.63, 3.8) is 0 Å². The Morgan fingerprint density at radius 3 is 2.71 bits per heavy atom. The van der Waals surface area contributed by atoms with Gasteiger partial charge in [0, 0.05) is 35.9 Å². The van der Waals surface area contributed by atoms with Crippen molar-refractivity contribution in [1.82, 2.24) is 4.90 Å². The molecule has 0 aromatic heterocycles. The highest BCUT2D eigenvalue weighted by molar-refractivity contribution is 8.01. The van der Waals surface area contributed by atoms with Crippen LogP contribution in [0.15, 0.2) is 36.4 Å². The number of benzene rings is 2. The zero-order valence-electron chi connectivity index (χ0n) is 15.7. The quantitative estimate of drug-likeness (QED) is 0.780. The molecule has 1 fully saturated rings. The molecule has 1 spiro atoms. The molecule has 2 aliphatic rings. The summed E-state index contributed by atoms with van der Waals surface area (Å²) in [4.78, 5) is 28.3. The number of hydrogen-bond donors (Lipinski definition) is 0. The first-order valence-electron chi connectivity index (χ1n) is 9.20.